The number of phenols is 1. The Hall–Kier alpha value is -0.520. The van der Waals surface area contributed by atoms with E-state index in [9.17, 15) is 0 Å². The van der Waals surface area contributed by atoms with Crippen LogP contribution in [0, 0.1) is 13.8 Å². The number of hydrogen-bond donors (Lipinski definition) is 1. The number of alkyl halides is 3. The van der Waals surface area contributed by atoms with E-state index in [1.807, 2.05) is 43.3 Å². The summed E-state index contributed by atoms with van der Waals surface area (Å²) < 4.78 is 5.36. The van der Waals surface area contributed by atoms with Crippen LogP contribution in [-0.2, 0) is 0 Å². The summed E-state index contributed by atoms with van der Waals surface area (Å²) in [6.45, 7) is 4.77. The van der Waals surface area contributed by atoms with Gasteiger partial charge >= 0.3 is 0 Å². The summed E-state index contributed by atoms with van der Waals surface area (Å²) in [6, 6.07) is 15.2. The summed E-state index contributed by atoms with van der Waals surface area (Å²) in [5.41, 5.74) is 2.43. The highest BCUT2D eigenvalue weighted by atomic mass is 79.9. The molecule has 0 aromatic heterocycles. The average Bonchev–Trinajstić information content (AvgIpc) is 2.58. The van der Waals surface area contributed by atoms with Crippen molar-refractivity contribution in [1.82, 2.24) is 0 Å². The van der Waals surface area contributed by atoms with Crippen molar-refractivity contribution >= 4 is 47.8 Å². The molecule has 0 spiro atoms. The lowest BCUT2D eigenvalue weighted by Gasteiger charge is -2.02. The molecule has 0 atom stereocenters. The molecule has 0 aliphatic heterocycles. The number of aromatic hydroxyl groups is 1. The van der Waals surface area contributed by atoms with Gasteiger partial charge in [0.15, 0.2) is 0 Å². The van der Waals surface area contributed by atoms with E-state index < -0.39 is 0 Å². The molecule has 1 N–H and O–H groups in total. The summed E-state index contributed by atoms with van der Waals surface area (Å²) in [4.78, 5) is 0. The quantitative estimate of drug-likeness (QED) is 0.493. The Balaban J connectivity index is 0.000000354. The molecule has 2 aromatic rings. The molecule has 0 radical (unpaired) electrons. The Labute approximate surface area is 164 Å². The first-order valence-electron chi connectivity index (χ1n) is 7.16. The number of hydrogen-bond acceptors (Lipinski definition) is 2. The Morgan fingerprint density at radius 1 is 0.739 bits per heavy atom. The highest BCUT2D eigenvalue weighted by Crippen LogP contribution is 2.11. The van der Waals surface area contributed by atoms with Crippen LogP contribution in [0.15, 0.2) is 48.5 Å². The van der Waals surface area contributed by atoms with Crippen LogP contribution in [0.25, 0.3) is 0 Å². The van der Waals surface area contributed by atoms with Crippen LogP contribution < -0.4 is 4.74 Å². The molecule has 2 nitrogen and oxygen atoms in total. The van der Waals surface area contributed by atoms with Gasteiger partial charge in [-0.2, -0.15) is 0 Å². The molecule has 0 fully saturated rings. The topological polar surface area (TPSA) is 29.5 Å². The van der Waals surface area contributed by atoms with Gasteiger partial charge in [0.1, 0.15) is 11.5 Å². The standard InChI is InChI=1S/C9H11BrO.C7H8O.C2H4Br2/c1-8-2-4-9(5-3-8)11-7-6-10;1-6-2-4-7(8)5-3-6;3-1-2-4/h2-5H,6-7H2,1H3;2-5,8H,1H3;1-2H2. The molecule has 5 heteroatoms. The number of phenolic OH excluding ortho intramolecular Hbond substituents is 1. The van der Waals surface area contributed by atoms with Gasteiger partial charge < -0.3 is 9.84 Å². The van der Waals surface area contributed by atoms with Crippen molar-refractivity contribution in [2.45, 2.75) is 13.8 Å². The highest BCUT2D eigenvalue weighted by Gasteiger charge is 1.90. The summed E-state index contributed by atoms with van der Waals surface area (Å²) in [7, 11) is 0. The third kappa shape index (κ3) is 13.6. The first-order valence-corrected chi connectivity index (χ1v) is 10.5. The molecule has 0 saturated carbocycles. The van der Waals surface area contributed by atoms with Crippen LogP contribution in [0.1, 0.15) is 11.1 Å². The van der Waals surface area contributed by atoms with Gasteiger partial charge in [-0.05, 0) is 38.1 Å². The fourth-order valence-corrected chi connectivity index (χ4v) is 1.50. The first-order chi connectivity index (χ1) is 11.0. The Morgan fingerprint density at radius 2 is 1.17 bits per heavy atom. The molecule has 0 heterocycles. The molecule has 2 aromatic carbocycles. The fraction of sp³-hybridized carbons (Fsp3) is 0.333. The van der Waals surface area contributed by atoms with Crippen molar-refractivity contribution in [2.24, 2.45) is 0 Å². The second-order valence-electron chi connectivity index (χ2n) is 4.56. The van der Waals surface area contributed by atoms with E-state index >= 15 is 0 Å². The van der Waals surface area contributed by atoms with E-state index in [-0.39, 0.29) is 0 Å². The van der Waals surface area contributed by atoms with Crippen molar-refractivity contribution < 1.29 is 9.84 Å². The molecule has 0 unspecified atom stereocenters. The number of benzene rings is 2. The zero-order chi connectivity index (χ0) is 17.5. The third-order valence-electron chi connectivity index (χ3n) is 2.47. The van der Waals surface area contributed by atoms with E-state index in [0.717, 1.165) is 28.3 Å². The Kier molecular flexibility index (Phi) is 14.7. The second-order valence-corrected chi connectivity index (χ2v) is 6.94. The maximum absolute atomic E-state index is 8.76. The highest BCUT2D eigenvalue weighted by molar-refractivity contribution is 9.12. The van der Waals surface area contributed by atoms with Gasteiger partial charge in [0.25, 0.3) is 0 Å². The van der Waals surface area contributed by atoms with Gasteiger partial charge in [-0.15, -0.1) is 0 Å². The maximum Gasteiger partial charge on any atom is 0.119 e. The van der Waals surface area contributed by atoms with E-state index in [1.165, 1.54) is 11.1 Å². The number of aryl methyl sites for hydroxylation is 2. The monoisotopic (exact) mass is 508 g/mol. The predicted molar refractivity (Wildman–Crippen MR) is 111 cm³/mol. The number of ether oxygens (including phenoxy) is 1. The smallest absolute Gasteiger partial charge is 0.119 e. The van der Waals surface area contributed by atoms with Crippen LogP contribution in [0.3, 0.4) is 0 Å². The molecule has 0 aliphatic carbocycles. The van der Waals surface area contributed by atoms with Crippen molar-refractivity contribution in [3.05, 3.63) is 59.7 Å². The maximum atomic E-state index is 8.76. The van der Waals surface area contributed by atoms with Gasteiger partial charge in [-0.1, -0.05) is 83.2 Å². The van der Waals surface area contributed by atoms with Gasteiger partial charge in [0.05, 0.1) is 6.61 Å². The van der Waals surface area contributed by atoms with E-state index in [4.69, 9.17) is 9.84 Å². The summed E-state index contributed by atoms with van der Waals surface area (Å²) in [5.74, 6) is 1.27. The first kappa shape index (κ1) is 22.5. The summed E-state index contributed by atoms with van der Waals surface area (Å²) in [5, 5.41) is 11.7. The second kappa shape index (κ2) is 15.0. The van der Waals surface area contributed by atoms with E-state index in [0.29, 0.717) is 5.75 Å². The van der Waals surface area contributed by atoms with E-state index in [2.05, 4.69) is 54.7 Å². The zero-order valence-corrected chi connectivity index (χ0v) is 18.2. The lowest BCUT2D eigenvalue weighted by atomic mass is 10.2. The predicted octanol–water partition coefficient (Wildman–Crippen LogP) is 6.25. The minimum Gasteiger partial charge on any atom is -0.508 e. The minimum absolute atomic E-state index is 0.329. The van der Waals surface area contributed by atoms with Gasteiger partial charge in [0.2, 0.25) is 0 Å². The largest absolute Gasteiger partial charge is 0.508 e. The van der Waals surface area contributed by atoms with Crippen LogP contribution >= 0.6 is 47.8 Å². The minimum atomic E-state index is 0.329. The van der Waals surface area contributed by atoms with Crippen LogP contribution in [0.5, 0.6) is 11.5 Å². The van der Waals surface area contributed by atoms with Gasteiger partial charge in [0, 0.05) is 16.0 Å². The van der Waals surface area contributed by atoms with Gasteiger partial charge in [-0.3, -0.25) is 0 Å². The Bertz CT molecular complexity index is 476. The molecule has 0 bridgehead atoms. The summed E-state index contributed by atoms with van der Waals surface area (Å²) >= 11 is 9.70. The summed E-state index contributed by atoms with van der Waals surface area (Å²) in [6.07, 6.45) is 0. The van der Waals surface area contributed by atoms with Crippen LogP contribution in [0.2, 0.25) is 0 Å². The Morgan fingerprint density at radius 3 is 1.52 bits per heavy atom. The number of rotatable bonds is 4. The zero-order valence-electron chi connectivity index (χ0n) is 13.4. The third-order valence-corrected chi connectivity index (χ3v) is 4.65. The molecule has 23 heavy (non-hydrogen) atoms. The van der Waals surface area contributed by atoms with Crippen molar-refractivity contribution in [2.75, 3.05) is 22.6 Å². The fourth-order valence-electron chi connectivity index (χ4n) is 1.34. The van der Waals surface area contributed by atoms with Crippen molar-refractivity contribution in [1.29, 1.82) is 0 Å². The number of halogens is 3. The molecule has 2 rings (SSSR count). The lowest BCUT2D eigenvalue weighted by Crippen LogP contribution is -1.96. The lowest BCUT2D eigenvalue weighted by molar-refractivity contribution is 0.345. The molecular weight excluding hydrogens is 488 g/mol. The molecule has 0 aliphatic rings. The van der Waals surface area contributed by atoms with Crippen molar-refractivity contribution in [3.63, 3.8) is 0 Å². The molecule has 0 saturated heterocycles. The van der Waals surface area contributed by atoms with Gasteiger partial charge in [-0.25, -0.2) is 0 Å². The molecule has 0 amide bonds. The van der Waals surface area contributed by atoms with Crippen molar-refractivity contribution in [3.8, 4) is 11.5 Å². The SMILES string of the molecule is BrCCBr.Cc1ccc(O)cc1.Cc1ccc(OCCBr)cc1. The average molecular weight is 511 g/mol. The van der Waals surface area contributed by atoms with Crippen LogP contribution in [-0.4, -0.2) is 27.7 Å². The van der Waals surface area contributed by atoms with Crippen LogP contribution in [0.4, 0.5) is 0 Å². The molecule has 128 valence electrons. The molecular formula is C18H23Br3O2. The van der Waals surface area contributed by atoms with E-state index in [1.54, 1.807) is 12.1 Å². The normalized spacial score (nSPS) is 9.09.